The van der Waals surface area contributed by atoms with Crippen LogP contribution in [0.3, 0.4) is 0 Å². The Morgan fingerprint density at radius 3 is 2.22 bits per heavy atom. The third kappa shape index (κ3) is 15.5. The molecule has 1 aliphatic carbocycles. The number of carbonyl (C=O) groups is 10. The quantitative estimate of drug-likeness (QED) is 0.00815. The first-order chi connectivity index (χ1) is 48.1. The standard InChI is InChI=1S/C68H79N15O16S2/c1-10-39-31(2)42-26-48-52(35(6)84)33(4)46-25-43-32(3)40(56(76-43)54-55(65(95)97-9)59(88)53-34(5)47(27-44(39)74-42)83(58(53)54)68(7,8)82(46)48)15-17-51(87)80-81-67(96)99-23-24-100-101-30-45(64(93)94)75-50(86)19-21-98-22-20-70-49(85)18-16-41(63(91)92)77-61(89)36-11-13-37(14-12-36)71-28-38-29-72-60-57(73-38)62(90)79-66(69)78-60/h11-14,25-27,29,31-32,39-41,45,55,71H,10,15-24,28,30H2,1-9H3,(H,70,85)(H,75,86)(H,77,89)(H,80,87)(H,81,96)(H,91,92)(H,93,94)(H3,69,72,78,79,90)/t31-,32+,39-,40+,41+,45+,55?/m1/s1. The lowest BCUT2D eigenvalue weighted by Gasteiger charge is -2.34. The van der Waals surface area contributed by atoms with Gasteiger partial charge in [0.05, 0.1) is 55.5 Å². The van der Waals surface area contributed by atoms with E-state index in [1.54, 1.807) is 19.1 Å². The van der Waals surface area contributed by atoms with Gasteiger partial charge < -0.3 is 60.6 Å². The number of H-pyrrole nitrogens is 1. The summed E-state index contributed by atoms with van der Waals surface area (Å²) in [4.78, 5) is 169. The lowest BCUT2D eigenvalue weighted by atomic mass is 9.81. The predicted molar refractivity (Wildman–Crippen MR) is 375 cm³/mol. The molecule has 11 N–H and O–H groups in total. The monoisotopic (exact) mass is 1430 g/mol. The van der Waals surface area contributed by atoms with Crippen molar-refractivity contribution in [3.8, 4) is 0 Å². The van der Waals surface area contributed by atoms with Crippen molar-refractivity contribution >= 4 is 139 Å². The number of benzene rings is 1. The van der Waals surface area contributed by atoms with Crippen LogP contribution in [0.25, 0.3) is 35.0 Å². The van der Waals surface area contributed by atoms with Gasteiger partial charge in [0.25, 0.3) is 11.5 Å². The van der Waals surface area contributed by atoms with Crippen molar-refractivity contribution in [2.24, 2.45) is 39.6 Å². The molecule has 5 amide bonds. The van der Waals surface area contributed by atoms with Gasteiger partial charge in [-0.15, -0.1) is 0 Å². The molecule has 0 saturated carbocycles. The predicted octanol–water partition coefficient (Wildman–Crippen LogP) is 3.69. The maximum Gasteiger partial charge on any atom is 0.426 e. The Bertz CT molecular complexity index is 4570. The maximum atomic E-state index is 15.0. The van der Waals surface area contributed by atoms with E-state index in [2.05, 4.69) is 81.1 Å². The van der Waals surface area contributed by atoms with Gasteiger partial charge >= 0.3 is 24.0 Å². The van der Waals surface area contributed by atoms with Crippen molar-refractivity contribution in [1.82, 2.24) is 55.9 Å². The number of aliphatic imine (C=N–C) groups is 2. The number of allylic oxidation sites excluding steroid dienone is 2. The molecular formula is C68H79N15O16S2. The molecule has 534 valence electrons. The van der Waals surface area contributed by atoms with Gasteiger partial charge in [-0.1, -0.05) is 42.4 Å². The molecule has 33 heteroatoms. The summed E-state index contributed by atoms with van der Waals surface area (Å²) in [7, 11) is 3.52. The zero-order valence-electron chi connectivity index (χ0n) is 57.0. The summed E-state index contributed by atoms with van der Waals surface area (Å²) in [5, 5.41) is 31.3. The number of nitrogens with zero attached hydrogens (tertiary/aromatic N) is 7. The minimum absolute atomic E-state index is 0.00770. The molecule has 1 unspecified atom stereocenters. The van der Waals surface area contributed by atoms with Gasteiger partial charge in [0.1, 0.15) is 30.3 Å². The number of nitrogens with two attached hydrogens (primary N) is 1. The fraction of sp³-hybridized carbons (Fsp3) is 0.441. The summed E-state index contributed by atoms with van der Waals surface area (Å²) in [5.74, 6) is -8.53. The van der Waals surface area contributed by atoms with Crippen molar-refractivity contribution in [3.05, 3.63) is 108 Å². The smallest absolute Gasteiger partial charge is 0.426 e. The number of aromatic nitrogens is 6. The number of Topliss-reactive ketones (excluding diaryl/α,β-unsaturated/α-hetero) is 2. The number of rotatable bonds is 29. The number of hydrogen-bond acceptors (Lipinski definition) is 23. The summed E-state index contributed by atoms with van der Waals surface area (Å²) in [6.07, 6.45) is 6.63. The summed E-state index contributed by atoms with van der Waals surface area (Å²) in [6, 6.07) is 3.45. The van der Waals surface area contributed by atoms with Crippen molar-refractivity contribution in [2.45, 2.75) is 118 Å². The largest absolute Gasteiger partial charge is 0.480 e. The molecule has 1 aromatic carbocycles. The highest BCUT2D eigenvalue weighted by molar-refractivity contribution is 8.76. The van der Waals surface area contributed by atoms with Gasteiger partial charge in [-0.05, 0) is 108 Å². The van der Waals surface area contributed by atoms with E-state index in [0.29, 0.717) is 56.1 Å². The highest BCUT2D eigenvalue weighted by atomic mass is 33.1. The number of carboxylic acids is 2. The number of ketones is 2. The topological polar surface area (TPSA) is 443 Å². The summed E-state index contributed by atoms with van der Waals surface area (Å²) in [5.41, 5.74) is 16.7. The second kappa shape index (κ2) is 31.1. The maximum absolute atomic E-state index is 15.0. The van der Waals surface area contributed by atoms with Crippen LogP contribution in [0.2, 0.25) is 0 Å². The molecule has 7 atom stereocenters. The van der Waals surface area contributed by atoms with Gasteiger partial charge in [-0.25, -0.2) is 29.8 Å². The first-order valence-electron chi connectivity index (χ1n) is 32.8. The molecule has 31 nitrogen and oxygen atoms in total. The number of carboxylic acid groups (broad SMARTS) is 2. The van der Waals surface area contributed by atoms with E-state index < -0.39 is 88.6 Å². The molecule has 5 aromatic rings. The highest BCUT2D eigenvalue weighted by Gasteiger charge is 2.50. The van der Waals surface area contributed by atoms with Crippen molar-refractivity contribution in [1.29, 1.82) is 0 Å². The van der Waals surface area contributed by atoms with Gasteiger partial charge in [0, 0.05) is 117 Å². The second-order valence-electron chi connectivity index (χ2n) is 25.4. The van der Waals surface area contributed by atoms with Gasteiger partial charge in [-0.3, -0.25) is 58.8 Å². The van der Waals surface area contributed by atoms with Crippen LogP contribution < -0.4 is 54.1 Å². The van der Waals surface area contributed by atoms with Crippen LogP contribution in [-0.4, -0.2) is 167 Å². The van der Waals surface area contributed by atoms with Crippen LogP contribution in [0, 0.1) is 43.4 Å². The molecule has 10 rings (SSSR count). The number of hydrazine groups is 1. The third-order valence-corrected chi connectivity index (χ3v) is 21.0. The van der Waals surface area contributed by atoms with E-state index in [1.165, 1.54) is 36.2 Å². The summed E-state index contributed by atoms with van der Waals surface area (Å²) in [6.45, 7) is 15.5. The fourth-order valence-corrected chi connectivity index (χ4v) is 15.5. The Kier molecular flexibility index (Phi) is 22.6. The number of aromatic amines is 1. The van der Waals surface area contributed by atoms with Gasteiger partial charge in [0.15, 0.2) is 22.7 Å². The number of fused-ring (bicyclic) bond motifs is 4. The van der Waals surface area contributed by atoms with Crippen molar-refractivity contribution < 1.29 is 72.4 Å². The van der Waals surface area contributed by atoms with Gasteiger partial charge in [0.2, 0.25) is 23.7 Å². The van der Waals surface area contributed by atoms with E-state index in [9.17, 15) is 58.2 Å². The number of methoxy groups -OCH3 is 1. The Hall–Kier alpha value is -10.3. The SMILES string of the molecule is CC[C@H]1C2=NC(=Cc3c(C(C)=O)c(C)c4n3C(C)(C)n3c(c(C)c5c3=C(C3=NC(=C4)[C@@H](C)[C@@H]3CCC(=O)NNC(=O)OCCSSC[C@H](NC(=O)CCOCCNC(=O)CC[C@H](NC(=O)c3ccc(NCc4cnc6nc(N)[nH]c(=O)c6n4)cc3)C(=O)O)C(=O)O)C(C(=O)OC)C5=O)=C2)[C@@H]1C. The molecule has 6 bridgehead atoms. The minimum Gasteiger partial charge on any atom is -0.480 e. The number of carbonyl (C=O) groups excluding carboxylic acids is 8. The molecule has 4 aromatic heterocycles. The number of aliphatic carboxylic acids is 2. The molecule has 0 radical (unpaired) electrons. The number of esters is 1. The first kappa shape index (κ1) is 73.4. The zero-order chi connectivity index (χ0) is 72.9. The Morgan fingerprint density at radius 2 is 1.51 bits per heavy atom. The number of ether oxygens (including phenoxy) is 3. The van der Waals surface area contributed by atoms with E-state index in [1.807, 2.05) is 46.8 Å². The average molecular weight is 1430 g/mol. The number of anilines is 2. The first-order valence-corrected chi connectivity index (χ1v) is 35.3. The summed E-state index contributed by atoms with van der Waals surface area (Å²) >= 11 is 0. The van der Waals surface area contributed by atoms with Crippen molar-refractivity contribution in [2.75, 3.05) is 56.0 Å². The van der Waals surface area contributed by atoms with Gasteiger partial charge in [-0.2, -0.15) is 4.98 Å². The minimum atomic E-state index is -1.39. The number of hydrogen-bond donors (Lipinski definition) is 10. The average Bonchev–Trinajstić information content (AvgIpc) is 1.52. The summed E-state index contributed by atoms with van der Waals surface area (Å²) < 4.78 is 20.3. The number of amides is 5. The van der Waals surface area contributed by atoms with E-state index in [4.69, 9.17) is 29.9 Å². The van der Waals surface area contributed by atoms with E-state index in [-0.39, 0.29) is 123 Å². The second-order valence-corrected chi connectivity index (χ2v) is 28.0. The molecule has 4 aliphatic heterocycles. The lowest BCUT2D eigenvalue weighted by Crippen LogP contribution is -2.49. The Morgan fingerprint density at radius 1 is 0.802 bits per heavy atom. The van der Waals surface area contributed by atoms with Crippen LogP contribution >= 0.6 is 21.6 Å². The molecule has 5 aliphatic rings. The van der Waals surface area contributed by atoms with Crippen LogP contribution in [0.1, 0.15) is 139 Å². The fourth-order valence-electron chi connectivity index (χ4n) is 13.5. The molecule has 0 saturated heterocycles. The van der Waals surface area contributed by atoms with Crippen LogP contribution in [0.5, 0.6) is 0 Å². The Labute approximate surface area is 585 Å². The third-order valence-electron chi connectivity index (χ3n) is 18.6. The molecule has 101 heavy (non-hydrogen) atoms. The van der Waals surface area contributed by atoms with Crippen LogP contribution in [0.15, 0.2) is 56.6 Å². The molecule has 8 heterocycles. The normalized spacial score (nSPS) is 18.7. The number of nitrogens with one attached hydrogen (secondary N) is 7. The van der Waals surface area contributed by atoms with Crippen molar-refractivity contribution in [3.63, 3.8) is 0 Å². The van der Waals surface area contributed by atoms with E-state index in [0.717, 1.165) is 45.2 Å². The lowest BCUT2D eigenvalue weighted by molar-refractivity contribution is -0.142. The Balaban J connectivity index is 0.645. The number of nitrogen functional groups attached to an aromatic ring is 1. The molecular weight excluding hydrogens is 1350 g/mol. The van der Waals surface area contributed by atoms with E-state index >= 15 is 4.79 Å². The van der Waals surface area contributed by atoms with Crippen LogP contribution in [0.4, 0.5) is 16.4 Å². The zero-order valence-corrected chi connectivity index (χ0v) is 58.6. The molecule has 0 fully saturated rings. The molecule has 0 spiro atoms. The highest BCUT2D eigenvalue weighted by Crippen LogP contribution is 2.45. The van der Waals surface area contributed by atoms with Crippen LogP contribution in [-0.2, 0) is 55.2 Å².